The first-order valence-electron chi connectivity index (χ1n) is 4.91. The summed E-state index contributed by atoms with van der Waals surface area (Å²) >= 11 is 0. The first kappa shape index (κ1) is 13.1. The second-order valence-electron chi connectivity index (χ2n) is 3.89. The summed E-state index contributed by atoms with van der Waals surface area (Å²) in [6.07, 6.45) is 0.699. The van der Waals surface area contributed by atoms with E-state index in [1.807, 2.05) is 13.8 Å². The van der Waals surface area contributed by atoms with E-state index >= 15 is 0 Å². The number of rotatable bonds is 6. The number of hydrogen-bond donors (Lipinski definition) is 2. The van der Waals surface area contributed by atoms with Crippen LogP contribution in [0.1, 0.15) is 27.2 Å². The molecule has 0 aromatic rings. The molecule has 0 fully saturated rings. The van der Waals surface area contributed by atoms with Crippen molar-refractivity contribution < 1.29 is 9.59 Å². The van der Waals surface area contributed by atoms with Crippen molar-refractivity contribution in [2.24, 2.45) is 5.92 Å². The molecule has 1 unspecified atom stereocenters. The van der Waals surface area contributed by atoms with Gasteiger partial charge in [0.15, 0.2) is 5.78 Å². The molecule has 0 bridgehead atoms. The average Bonchev–Trinajstić information content (AvgIpc) is 2.02. The maximum Gasteiger partial charge on any atom is 0.234 e. The van der Waals surface area contributed by atoms with E-state index in [0.29, 0.717) is 12.3 Å². The van der Waals surface area contributed by atoms with E-state index in [4.69, 9.17) is 0 Å². The standard InChI is InChI=1S/C10H20N2O2/c1-7(2)5-9(8(3)13)12-10(14)6-11-4/h7,9,11H,5-6H2,1-4H3,(H,12,14). The highest BCUT2D eigenvalue weighted by Gasteiger charge is 2.17. The van der Waals surface area contributed by atoms with Crippen molar-refractivity contribution in [3.05, 3.63) is 0 Å². The Hall–Kier alpha value is -0.900. The largest absolute Gasteiger partial charge is 0.345 e. The number of likely N-dealkylation sites (N-methyl/N-ethyl adjacent to an activating group) is 1. The Morgan fingerprint density at radius 2 is 1.86 bits per heavy atom. The van der Waals surface area contributed by atoms with Gasteiger partial charge in [-0.15, -0.1) is 0 Å². The minimum atomic E-state index is -0.337. The first-order chi connectivity index (χ1) is 6.47. The van der Waals surface area contributed by atoms with E-state index < -0.39 is 0 Å². The number of hydrogen-bond acceptors (Lipinski definition) is 3. The van der Waals surface area contributed by atoms with Gasteiger partial charge < -0.3 is 10.6 Å². The number of nitrogens with one attached hydrogen (secondary N) is 2. The lowest BCUT2D eigenvalue weighted by atomic mass is 10.0. The zero-order valence-electron chi connectivity index (χ0n) is 9.39. The van der Waals surface area contributed by atoms with Gasteiger partial charge in [-0.05, 0) is 26.3 Å². The molecule has 0 spiro atoms. The Bertz CT molecular complexity index is 202. The van der Waals surface area contributed by atoms with Gasteiger partial charge >= 0.3 is 0 Å². The maximum absolute atomic E-state index is 11.2. The van der Waals surface area contributed by atoms with Gasteiger partial charge in [-0.3, -0.25) is 9.59 Å². The molecule has 0 aliphatic heterocycles. The maximum atomic E-state index is 11.2. The average molecular weight is 200 g/mol. The third-order valence-electron chi connectivity index (χ3n) is 1.87. The van der Waals surface area contributed by atoms with Gasteiger partial charge in [0.05, 0.1) is 12.6 Å². The van der Waals surface area contributed by atoms with Crippen LogP contribution in [0.3, 0.4) is 0 Å². The molecule has 14 heavy (non-hydrogen) atoms. The summed E-state index contributed by atoms with van der Waals surface area (Å²) in [5.41, 5.74) is 0. The number of carbonyl (C=O) groups excluding carboxylic acids is 2. The van der Waals surface area contributed by atoms with Crippen LogP contribution in [0.4, 0.5) is 0 Å². The SMILES string of the molecule is CNCC(=O)NC(CC(C)C)C(C)=O. The lowest BCUT2D eigenvalue weighted by Crippen LogP contribution is -2.43. The van der Waals surface area contributed by atoms with Crippen LogP contribution in [0, 0.1) is 5.92 Å². The normalized spacial score (nSPS) is 12.6. The molecular weight excluding hydrogens is 180 g/mol. The first-order valence-corrected chi connectivity index (χ1v) is 4.91. The van der Waals surface area contributed by atoms with Crippen LogP contribution in [-0.2, 0) is 9.59 Å². The molecule has 82 valence electrons. The summed E-state index contributed by atoms with van der Waals surface area (Å²) in [7, 11) is 1.70. The van der Waals surface area contributed by atoms with Gasteiger partial charge in [-0.2, -0.15) is 0 Å². The van der Waals surface area contributed by atoms with E-state index in [1.165, 1.54) is 6.92 Å². The molecule has 0 radical (unpaired) electrons. The summed E-state index contributed by atoms with van der Waals surface area (Å²) < 4.78 is 0. The fourth-order valence-electron chi connectivity index (χ4n) is 1.20. The number of carbonyl (C=O) groups is 2. The summed E-state index contributed by atoms with van der Waals surface area (Å²) in [5.74, 6) is 0.287. The lowest BCUT2D eigenvalue weighted by molar-refractivity contribution is -0.126. The van der Waals surface area contributed by atoms with Crippen LogP contribution in [-0.4, -0.2) is 31.3 Å². The summed E-state index contributed by atoms with van der Waals surface area (Å²) in [5, 5.41) is 5.44. The molecule has 0 heterocycles. The Morgan fingerprint density at radius 3 is 2.21 bits per heavy atom. The van der Waals surface area contributed by atoms with Crippen molar-refractivity contribution in [3.8, 4) is 0 Å². The van der Waals surface area contributed by atoms with Gasteiger partial charge in [0, 0.05) is 0 Å². The molecule has 4 heteroatoms. The predicted octanol–water partition coefficient (Wildman–Crippen LogP) is 0.326. The van der Waals surface area contributed by atoms with Crippen molar-refractivity contribution in [1.29, 1.82) is 0 Å². The van der Waals surface area contributed by atoms with Gasteiger partial charge in [-0.1, -0.05) is 13.8 Å². The Morgan fingerprint density at radius 1 is 1.29 bits per heavy atom. The third kappa shape index (κ3) is 5.70. The Balaban J connectivity index is 4.09. The molecular formula is C10H20N2O2. The zero-order valence-corrected chi connectivity index (χ0v) is 9.39. The van der Waals surface area contributed by atoms with Gasteiger partial charge in [0.2, 0.25) is 5.91 Å². The fraction of sp³-hybridized carbons (Fsp3) is 0.800. The molecule has 1 amide bonds. The van der Waals surface area contributed by atoms with Crippen LogP contribution < -0.4 is 10.6 Å². The molecule has 0 rings (SSSR count). The van der Waals surface area contributed by atoms with Crippen molar-refractivity contribution in [1.82, 2.24) is 10.6 Å². The van der Waals surface area contributed by atoms with Gasteiger partial charge in [-0.25, -0.2) is 0 Å². The summed E-state index contributed by atoms with van der Waals surface area (Å²) in [4.78, 5) is 22.4. The minimum absolute atomic E-state index is 0.0168. The molecule has 0 saturated carbocycles. The van der Waals surface area contributed by atoms with Gasteiger partial charge in [0.1, 0.15) is 0 Å². The van der Waals surface area contributed by atoms with Crippen molar-refractivity contribution in [2.75, 3.05) is 13.6 Å². The molecule has 0 aliphatic carbocycles. The minimum Gasteiger partial charge on any atom is -0.345 e. The second-order valence-corrected chi connectivity index (χ2v) is 3.89. The van der Waals surface area contributed by atoms with Crippen LogP contribution in [0.15, 0.2) is 0 Å². The van der Waals surface area contributed by atoms with Crippen LogP contribution in [0.2, 0.25) is 0 Å². The highest BCUT2D eigenvalue weighted by molar-refractivity contribution is 5.88. The number of ketones is 1. The quantitative estimate of drug-likeness (QED) is 0.649. The molecule has 0 aromatic carbocycles. The second kappa shape index (κ2) is 6.54. The summed E-state index contributed by atoms with van der Waals surface area (Å²) in [6, 6.07) is -0.337. The molecule has 1 atom stereocenters. The topological polar surface area (TPSA) is 58.2 Å². The van der Waals surface area contributed by atoms with E-state index in [9.17, 15) is 9.59 Å². The Labute approximate surface area is 85.4 Å². The molecule has 2 N–H and O–H groups in total. The predicted molar refractivity (Wildman–Crippen MR) is 56.0 cm³/mol. The van der Waals surface area contributed by atoms with Crippen molar-refractivity contribution in [3.63, 3.8) is 0 Å². The smallest absolute Gasteiger partial charge is 0.234 e. The summed E-state index contributed by atoms with van der Waals surface area (Å²) in [6.45, 7) is 5.81. The van der Waals surface area contributed by atoms with E-state index in [1.54, 1.807) is 7.05 Å². The van der Waals surface area contributed by atoms with Crippen LogP contribution in [0.25, 0.3) is 0 Å². The van der Waals surface area contributed by atoms with Gasteiger partial charge in [0.25, 0.3) is 0 Å². The van der Waals surface area contributed by atoms with E-state index in [2.05, 4.69) is 10.6 Å². The van der Waals surface area contributed by atoms with Crippen molar-refractivity contribution >= 4 is 11.7 Å². The molecule has 4 nitrogen and oxygen atoms in total. The van der Waals surface area contributed by atoms with Crippen LogP contribution >= 0.6 is 0 Å². The number of amides is 1. The van der Waals surface area contributed by atoms with E-state index in [-0.39, 0.29) is 24.3 Å². The van der Waals surface area contributed by atoms with Crippen molar-refractivity contribution in [2.45, 2.75) is 33.2 Å². The highest BCUT2D eigenvalue weighted by atomic mass is 16.2. The zero-order chi connectivity index (χ0) is 11.1. The molecule has 0 aliphatic rings. The number of Topliss-reactive ketones (excluding diaryl/α,β-unsaturated/α-hetero) is 1. The van der Waals surface area contributed by atoms with E-state index in [0.717, 1.165) is 0 Å². The molecule has 0 aromatic heterocycles. The fourth-order valence-corrected chi connectivity index (χ4v) is 1.20. The molecule has 0 saturated heterocycles. The highest BCUT2D eigenvalue weighted by Crippen LogP contribution is 2.05. The van der Waals surface area contributed by atoms with Crippen LogP contribution in [0.5, 0.6) is 0 Å². The lowest BCUT2D eigenvalue weighted by Gasteiger charge is -2.17. The third-order valence-corrected chi connectivity index (χ3v) is 1.87. The Kier molecular flexibility index (Phi) is 6.12. The monoisotopic (exact) mass is 200 g/mol.